The molecule has 35 heavy (non-hydrogen) atoms. The summed E-state index contributed by atoms with van der Waals surface area (Å²) in [5.41, 5.74) is 7.07. The van der Waals surface area contributed by atoms with Crippen LogP contribution in [0.3, 0.4) is 0 Å². The number of nitrogens with zero attached hydrogens (tertiary/aromatic N) is 3. The van der Waals surface area contributed by atoms with Crippen LogP contribution in [-0.4, -0.2) is 26.9 Å². The van der Waals surface area contributed by atoms with Crippen molar-refractivity contribution in [1.82, 2.24) is 20.3 Å². The highest BCUT2D eigenvalue weighted by molar-refractivity contribution is 5.93. The molecular weight excluding hydrogens is 459 g/mol. The van der Waals surface area contributed by atoms with Crippen molar-refractivity contribution >= 4 is 17.9 Å². The highest BCUT2D eigenvalue weighted by Gasteiger charge is 2.33. The summed E-state index contributed by atoms with van der Waals surface area (Å²) >= 11 is 0. The molecule has 1 saturated carbocycles. The first kappa shape index (κ1) is 24.2. The highest BCUT2D eigenvalue weighted by Crippen LogP contribution is 2.33. The third-order valence-corrected chi connectivity index (χ3v) is 5.71. The summed E-state index contributed by atoms with van der Waals surface area (Å²) in [6.07, 6.45) is 3.70. The van der Waals surface area contributed by atoms with Crippen molar-refractivity contribution in [3.8, 4) is 11.6 Å². The lowest BCUT2D eigenvalue weighted by atomic mass is 9.89. The van der Waals surface area contributed by atoms with E-state index in [1.165, 1.54) is 31.0 Å². The monoisotopic (exact) mass is 483 g/mol. The number of nitrogens with two attached hydrogens (primary N) is 1. The molecule has 2 heterocycles. The Morgan fingerprint density at radius 2 is 1.86 bits per heavy atom. The third-order valence-electron chi connectivity index (χ3n) is 5.71. The Hall–Kier alpha value is -3.95. The fourth-order valence-electron chi connectivity index (χ4n) is 3.92. The molecule has 7 nitrogen and oxygen atoms in total. The van der Waals surface area contributed by atoms with Crippen LogP contribution < -0.4 is 15.8 Å². The van der Waals surface area contributed by atoms with Crippen LogP contribution in [0.2, 0.25) is 0 Å². The van der Waals surface area contributed by atoms with E-state index in [0.717, 1.165) is 37.3 Å². The third kappa shape index (κ3) is 6.34. The largest absolute Gasteiger partial charge is 0.439 e. The van der Waals surface area contributed by atoms with Gasteiger partial charge in [0.2, 0.25) is 11.8 Å². The average Bonchev–Trinajstić information content (AvgIpc) is 2.80. The number of aromatic nitrogens is 3. The van der Waals surface area contributed by atoms with E-state index >= 15 is 0 Å². The van der Waals surface area contributed by atoms with Crippen molar-refractivity contribution in [2.75, 3.05) is 5.73 Å². The van der Waals surface area contributed by atoms with Crippen LogP contribution in [0.1, 0.15) is 52.9 Å². The lowest BCUT2D eigenvalue weighted by molar-refractivity contribution is -0.138. The second-order valence-electron chi connectivity index (χ2n) is 8.34. The van der Waals surface area contributed by atoms with Crippen LogP contribution in [0.5, 0.6) is 11.6 Å². The van der Waals surface area contributed by atoms with Gasteiger partial charge in [0.05, 0.1) is 16.8 Å². The Morgan fingerprint density at radius 3 is 2.51 bits per heavy atom. The van der Waals surface area contributed by atoms with Gasteiger partial charge < -0.3 is 15.8 Å². The molecule has 1 aromatic carbocycles. The number of amides is 1. The van der Waals surface area contributed by atoms with E-state index in [1.54, 1.807) is 6.07 Å². The Kier molecular flexibility index (Phi) is 6.99. The van der Waals surface area contributed by atoms with Gasteiger partial charge >= 0.3 is 6.18 Å². The van der Waals surface area contributed by atoms with Crippen LogP contribution in [0.25, 0.3) is 6.08 Å². The zero-order valence-corrected chi connectivity index (χ0v) is 19.0. The van der Waals surface area contributed by atoms with E-state index in [1.807, 2.05) is 18.2 Å². The first-order chi connectivity index (χ1) is 16.7. The zero-order valence-electron chi connectivity index (χ0n) is 19.0. The second kappa shape index (κ2) is 10.1. The van der Waals surface area contributed by atoms with E-state index in [4.69, 9.17) is 10.5 Å². The van der Waals surface area contributed by atoms with Crippen molar-refractivity contribution in [3.05, 3.63) is 76.7 Å². The summed E-state index contributed by atoms with van der Waals surface area (Å²) in [7, 11) is 0. The molecule has 2 aromatic heterocycles. The number of hydrogen-bond donors (Lipinski definition) is 2. The number of pyridine rings is 1. The zero-order chi connectivity index (χ0) is 25.0. The summed E-state index contributed by atoms with van der Waals surface area (Å²) in [6, 6.07) is 9.54. The number of alkyl halides is 3. The van der Waals surface area contributed by atoms with Gasteiger partial charge in [0, 0.05) is 24.5 Å². The van der Waals surface area contributed by atoms with Crippen LogP contribution in [-0.2, 0) is 6.18 Å². The molecule has 0 atom stereocenters. The molecule has 0 aliphatic heterocycles. The van der Waals surface area contributed by atoms with E-state index in [0.29, 0.717) is 11.3 Å². The maximum Gasteiger partial charge on any atom is 0.418 e. The molecule has 4 rings (SSSR count). The van der Waals surface area contributed by atoms with Crippen LogP contribution in [0, 0.1) is 6.92 Å². The maximum absolute atomic E-state index is 12.9. The van der Waals surface area contributed by atoms with Gasteiger partial charge in [-0.3, -0.25) is 4.79 Å². The lowest BCUT2D eigenvalue weighted by Gasteiger charge is -2.25. The predicted molar refractivity (Wildman–Crippen MR) is 125 cm³/mol. The molecule has 1 aliphatic carbocycles. The molecule has 0 unspecified atom stereocenters. The van der Waals surface area contributed by atoms with E-state index in [-0.39, 0.29) is 29.5 Å². The van der Waals surface area contributed by atoms with E-state index in [2.05, 4.69) is 26.3 Å². The molecule has 0 bridgehead atoms. The Labute approximate surface area is 200 Å². The number of halogens is 3. The van der Waals surface area contributed by atoms with Crippen LogP contribution >= 0.6 is 0 Å². The smallest absolute Gasteiger partial charge is 0.418 e. The molecule has 3 N–H and O–H groups in total. The normalized spacial score (nSPS) is 16.0. The molecule has 1 amide bonds. The fraction of sp³-hybridized carbons (Fsp3) is 0.280. The Morgan fingerprint density at radius 1 is 1.14 bits per heavy atom. The molecule has 0 saturated heterocycles. The fourth-order valence-corrected chi connectivity index (χ4v) is 3.92. The van der Waals surface area contributed by atoms with Gasteiger partial charge in [-0.15, -0.1) is 0 Å². The molecular formula is C25H24F3N5O2. The van der Waals surface area contributed by atoms with Gasteiger partial charge in [-0.2, -0.15) is 13.2 Å². The summed E-state index contributed by atoms with van der Waals surface area (Å²) in [5, 5.41) is 3.01. The molecule has 3 aromatic rings. The number of allylic oxidation sites excluding steroid dienone is 1. The molecule has 0 radical (unpaired) electrons. The van der Waals surface area contributed by atoms with Crippen molar-refractivity contribution in [2.45, 2.75) is 44.8 Å². The van der Waals surface area contributed by atoms with Gasteiger partial charge in [0.1, 0.15) is 5.75 Å². The van der Waals surface area contributed by atoms with E-state index in [9.17, 15) is 18.0 Å². The molecule has 182 valence electrons. The summed E-state index contributed by atoms with van der Waals surface area (Å²) in [4.78, 5) is 24.0. The first-order valence-corrected chi connectivity index (χ1v) is 11.1. The number of nitrogens with one attached hydrogen (secondary N) is 1. The topological polar surface area (TPSA) is 103 Å². The number of benzene rings is 1. The number of carbonyl (C=O) groups is 1. The van der Waals surface area contributed by atoms with Gasteiger partial charge in [0.15, 0.2) is 0 Å². The number of ether oxygens (including phenoxy) is 1. The van der Waals surface area contributed by atoms with Crippen molar-refractivity contribution in [3.63, 3.8) is 0 Å². The van der Waals surface area contributed by atoms with Crippen molar-refractivity contribution in [2.24, 2.45) is 0 Å². The quantitative estimate of drug-likeness (QED) is 0.509. The molecule has 10 heteroatoms. The molecule has 0 spiro atoms. The Bertz CT molecular complexity index is 1230. The first-order valence-electron chi connectivity index (χ1n) is 11.1. The van der Waals surface area contributed by atoms with Crippen LogP contribution in [0.15, 0.2) is 54.4 Å². The summed E-state index contributed by atoms with van der Waals surface area (Å²) in [5.74, 6) is 0.481. The predicted octanol–water partition coefficient (Wildman–Crippen LogP) is 5.33. The molecule has 1 fully saturated rings. The number of hydrogen-bond acceptors (Lipinski definition) is 6. The minimum absolute atomic E-state index is 0.0563. The number of carbonyl (C=O) groups excluding carboxylic acids is 1. The highest BCUT2D eigenvalue weighted by atomic mass is 19.4. The van der Waals surface area contributed by atoms with Gasteiger partial charge in [-0.05, 0) is 56.4 Å². The number of rotatable bonds is 5. The second-order valence-corrected chi connectivity index (χ2v) is 8.34. The van der Waals surface area contributed by atoms with Gasteiger partial charge in [-0.25, -0.2) is 15.0 Å². The van der Waals surface area contributed by atoms with Crippen molar-refractivity contribution < 1.29 is 22.7 Å². The number of nitrogen functional groups attached to an aromatic ring is 1. The van der Waals surface area contributed by atoms with Crippen molar-refractivity contribution in [1.29, 1.82) is 0 Å². The minimum Gasteiger partial charge on any atom is -0.439 e. The van der Waals surface area contributed by atoms with Crippen LogP contribution in [0.4, 0.5) is 19.1 Å². The maximum atomic E-state index is 12.9. The van der Waals surface area contributed by atoms with Gasteiger partial charge in [-0.1, -0.05) is 23.8 Å². The molecule has 1 aliphatic rings. The van der Waals surface area contributed by atoms with E-state index < -0.39 is 11.7 Å². The standard InChI is InChI=1S/C25H24F3N5O2/c1-15-21(25(26,27)28)9-10-22(32-15)35-20-4-2-3-17(12-20)11-16-5-7-19(8-6-16)33-23(34)18-13-30-24(29)31-14-18/h2-4,9-14,19H,5-8H2,1H3,(H,33,34)(H2,29,30,31). The Balaban J connectivity index is 1.35. The SMILES string of the molecule is Cc1nc(Oc2cccc(C=C3CCC(NC(=O)c4cnc(N)nc4)CC3)c2)ccc1C(F)(F)F. The van der Waals surface area contributed by atoms with Gasteiger partial charge in [0.25, 0.3) is 5.91 Å². The average molecular weight is 483 g/mol. The number of aryl methyl sites for hydroxylation is 1. The summed E-state index contributed by atoms with van der Waals surface area (Å²) < 4.78 is 44.5. The summed E-state index contributed by atoms with van der Waals surface area (Å²) in [6.45, 7) is 1.30. The minimum atomic E-state index is -4.45. The lowest BCUT2D eigenvalue weighted by Crippen LogP contribution is -2.36. The number of anilines is 1.